The maximum Gasteiger partial charge on any atom is 0.412 e. The van der Waals surface area contributed by atoms with Crippen LogP contribution in [0.3, 0.4) is 0 Å². The number of carbonyl (C=O) groups excluding carboxylic acids is 2. The quantitative estimate of drug-likeness (QED) is 0.569. The molecule has 1 fully saturated rings. The van der Waals surface area contributed by atoms with Crippen molar-refractivity contribution in [2.45, 2.75) is 18.8 Å². The number of aromatic nitrogens is 2. The number of amides is 2. The van der Waals surface area contributed by atoms with Gasteiger partial charge < -0.3 is 14.7 Å². The molecule has 34 heavy (non-hydrogen) atoms. The van der Waals surface area contributed by atoms with Gasteiger partial charge in [0.15, 0.2) is 0 Å². The third-order valence-corrected chi connectivity index (χ3v) is 6.29. The molecule has 1 unspecified atom stereocenters. The van der Waals surface area contributed by atoms with Crippen molar-refractivity contribution in [1.82, 2.24) is 15.2 Å². The highest BCUT2D eigenvalue weighted by Gasteiger charge is 2.33. The zero-order valence-corrected chi connectivity index (χ0v) is 18.1. The lowest BCUT2D eigenvalue weighted by atomic mass is 9.98. The Labute approximate surface area is 194 Å². The normalized spacial score (nSPS) is 16.7. The van der Waals surface area contributed by atoms with Crippen LogP contribution in [0.1, 0.15) is 40.4 Å². The minimum Gasteiger partial charge on any atom is -0.481 e. The van der Waals surface area contributed by atoms with Crippen molar-refractivity contribution in [1.29, 1.82) is 0 Å². The van der Waals surface area contributed by atoms with Crippen LogP contribution in [-0.4, -0.2) is 58.0 Å². The maximum absolute atomic E-state index is 12.8. The average Bonchev–Trinajstić information content (AvgIpc) is 3.55. The number of carboxylic acid groups (broad SMARTS) is 1. The smallest absolute Gasteiger partial charge is 0.412 e. The summed E-state index contributed by atoms with van der Waals surface area (Å²) < 4.78 is 10.2. The molecule has 1 atom stereocenters. The molecule has 1 aliphatic heterocycles. The molecule has 174 valence electrons. The second-order valence-corrected chi connectivity index (χ2v) is 8.42. The molecule has 5 rings (SSSR count). The van der Waals surface area contributed by atoms with Crippen LogP contribution in [0.15, 0.2) is 53.2 Å². The Morgan fingerprint density at radius 2 is 1.74 bits per heavy atom. The molecule has 3 aromatic rings. The topological polar surface area (TPSA) is 135 Å². The van der Waals surface area contributed by atoms with Crippen molar-refractivity contribution >= 4 is 23.8 Å². The zero-order chi connectivity index (χ0) is 23.7. The summed E-state index contributed by atoms with van der Waals surface area (Å²) in [5.41, 5.74) is 4.25. The molecule has 2 aromatic carbocycles. The third-order valence-electron chi connectivity index (χ3n) is 6.29. The number of fused-ring (bicyclic) bond motifs is 3. The van der Waals surface area contributed by atoms with Crippen molar-refractivity contribution in [2.24, 2.45) is 5.92 Å². The second kappa shape index (κ2) is 8.97. The SMILES string of the molecule is O=C(O)CC1CCN(C(=O)c2nonc2NC(=O)OCC2c3ccccc3-c3ccccc32)C1. The van der Waals surface area contributed by atoms with Crippen LogP contribution < -0.4 is 5.32 Å². The van der Waals surface area contributed by atoms with E-state index in [2.05, 4.69) is 20.3 Å². The number of nitrogens with one attached hydrogen (secondary N) is 1. The highest BCUT2D eigenvalue weighted by Crippen LogP contribution is 2.44. The molecule has 2 N–H and O–H groups in total. The van der Waals surface area contributed by atoms with Crippen LogP contribution in [0.4, 0.5) is 10.6 Å². The molecular formula is C24H22N4O6. The van der Waals surface area contributed by atoms with E-state index in [4.69, 9.17) is 9.84 Å². The first-order chi connectivity index (χ1) is 16.5. The van der Waals surface area contributed by atoms with E-state index >= 15 is 0 Å². The van der Waals surface area contributed by atoms with Crippen molar-refractivity contribution in [2.75, 3.05) is 25.0 Å². The number of carbonyl (C=O) groups is 3. The van der Waals surface area contributed by atoms with Crippen LogP contribution in [-0.2, 0) is 9.53 Å². The fraction of sp³-hybridized carbons (Fsp3) is 0.292. The average molecular weight is 462 g/mol. The largest absolute Gasteiger partial charge is 0.481 e. The Morgan fingerprint density at radius 3 is 2.41 bits per heavy atom. The van der Waals surface area contributed by atoms with Gasteiger partial charge in [-0.25, -0.2) is 9.42 Å². The lowest BCUT2D eigenvalue weighted by molar-refractivity contribution is -0.138. The van der Waals surface area contributed by atoms with Crippen LogP contribution in [0.25, 0.3) is 11.1 Å². The van der Waals surface area contributed by atoms with E-state index in [1.54, 1.807) is 0 Å². The summed E-state index contributed by atoms with van der Waals surface area (Å²) >= 11 is 0. The molecule has 0 saturated carbocycles. The van der Waals surface area contributed by atoms with Gasteiger partial charge in [0, 0.05) is 25.4 Å². The zero-order valence-electron chi connectivity index (χ0n) is 18.1. The van der Waals surface area contributed by atoms with E-state index in [-0.39, 0.29) is 36.4 Å². The maximum atomic E-state index is 12.8. The first-order valence-electron chi connectivity index (χ1n) is 11.0. The van der Waals surface area contributed by atoms with E-state index in [9.17, 15) is 14.4 Å². The van der Waals surface area contributed by atoms with E-state index in [1.807, 2.05) is 48.5 Å². The van der Waals surface area contributed by atoms with Gasteiger partial charge in [0.2, 0.25) is 11.5 Å². The molecule has 1 saturated heterocycles. The fourth-order valence-electron chi connectivity index (χ4n) is 4.72. The number of carboxylic acids is 1. The Balaban J connectivity index is 1.23. The number of benzene rings is 2. The van der Waals surface area contributed by atoms with Gasteiger partial charge in [0.25, 0.3) is 5.91 Å². The van der Waals surface area contributed by atoms with Crippen molar-refractivity contribution in [3.63, 3.8) is 0 Å². The monoisotopic (exact) mass is 462 g/mol. The Bertz CT molecular complexity index is 1210. The third kappa shape index (κ3) is 4.09. The molecule has 0 bridgehead atoms. The lowest BCUT2D eigenvalue weighted by Gasteiger charge is -2.15. The summed E-state index contributed by atoms with van der Waals surface area (Å²) in [7, 11) is 0. The minimum absolute atomic E-state index is 0.00823. The van der Waals surface area contributed by atoms with Crippen LogP contribution in [0.2, 0.25) is 0 Å². The number of hydrogen-bond donors (Lipinski definition) is 2. The van der Waals surface area contributed by atoms with Gasteiger partial charge in [0.1, 0.15) is 6.61 Å². The standard InChI is InChI=1S/C24H22N4O6/c29-20(30)11-14-9-10-28(12-14)23(31)21-22(27-34-26-21)25-24(32)33-13-19-17-7-3-1-5-15(17)16-6-2-4-8-18(16)19/h1-8,14,19H,9-13H2,(H,29,30)(H,25,27,32). The first-order valence-corrected chi connectivity index (χ1v) is 11.0. The number of ether oxygens (including phenoxy) is 1. The van der Waals surface area contributed by atoms with Crippen molar-refractivity contribution in [3.8, 4) is 11.1 Å². The number of rotatable bonds is 6. The first kappa shape index (κ1) is 21.6. The number of likely N-dealkylation sites (tertiary alicyclic amines) is 1. The number of anilines is 1. The Morgan fingerprint density at radius 1 is 1.06 bits per heavy atom. The molecule has 10 heteroatoms. The van der Waals surface area contributed by atoms with Gasteiger partial charge in [-0.15, -0.1) is 0 Å². The Kier molecular flexibility index (Phi) is 5.70. The van der Waals surface area contributed by atoms with E-state index in [0.29, 0.717) is 19.5 Å². The molecule has 1 aromatic heterocycles. The minimum atomic E-state index is -0.903. The van der Waals surface area contributed by atoms with Gasteiger partial charge in [-0.2, -0.15) is 0 Å². The summed E-state index contributed by atoms with van der Waals surface area (Å²) in [6.07, 6.45) is -0.207. The summed E-state index contributed by atoms with van der Waals surface area (Å²) in [6.45, 7) is 0.799. The Hall–Kier alpha value is -4.21. The van der Waals surface area contributed by atoms with Crippen molar-refractivity contribution in [3.05, 3.63) is 65.4 Å². The molecule has 2 aliphatic rings. The molecule has 2 heterocycles. The molecular weight excluding hydrogens is 440 g/mol. The molecule has 2 amide bonds. The predicted octanol–water partition coefficient (Wildman–Crippen LogP) is 3.37. The summed E-state index contributed by atoms with van der Waals surface area (Å²) in [5, 5.41) is 18.7. The highest BCUT2D eigenvalue weighted by atomic mass is 16.6. The summed E-state index contributed by atoms with van der Waals surface area (Å²) in [6, 6.07) is 16.0. The van der Waals surface area contributed by atoms with Gasteiger partial charge in [-0.1, -0.05) is 48.5 Å². The van der Waals surface area contributed by atoms with Gasteiger partial charge in [-0.3, -0.25) is 14.9 Å². The van der Waals surface area contributed by atoms with Crippen LogP contribution >= 0.6 is 0 Å². The molecule has 0 spiro atoms. The number of aliphatic carboxylic acids is 1. The number of hydrogen-bond acceptors (Lipinski definition) is 7. The van der Waals surface area contributed by atoms with Gasteiger partial charge in [-0.05, 0) is 44.9 Å². The van der Waals surface area contributed by atoms with E-state index < -0.39 is 18.0 Å². The van der Waals surface area contributed by atoms with Gasteiger partial charge in [0.05, 0.1) is 0 Å². The van der Waals surface area contributed by atoms with Gasteiger partial charge >= 0.3 is 12.1 Å². The van der Waals surface area contributed by atoms with Crippen molar-refractivity contribution < 1.29 is 28.9 Å². The highest BCUT2D eigenvalue weighted by molar-refractivity contribution is 5.99. The van der Waals surface area contributed by atoms with E-state index in [1.165, 1.54) is 4.90 Å². The van der Waals surface area contributed by atoms with Crippen LogP contribution in [0.5, 0.6) is 0 Å². The molecule has 10 nitrogen and oxygen atoms in total. The van der Waals surface area contributed by atoms with E-state index in [0.717, 1.165) is 22.3 Å². The summed E-state index contributed by atoms with van der Waals surface area (Å²) in [4.78, 5) is 37.7. The molecule has 1 aliphatic carbocycles. The second-order valence-electron chi connectivity index (χ2n) is 8.42. The molecule has 0 radical (unpaired) electrons. The number of nitrogens with zero attached hydrogens (tertiary/aromatic N) is 3. The van der Waals surface area contributed by atoms with Crippen LogP contribution in [0, 0.1) is 5.92 Å². The lowest BCUT2D eigenvalue weighted by Crippen LogP contribution is -2.30. The fourth-order valence-corrected chi connectivity index (χ4v) is 4.72. The summed E-state index contributed by atoms with van der Waals surface area (Å²) in [5.74, 6) is -1.75. The predicted molar refractivity (Wildman–Crippen MR) is 119 cm³/mol.